The fourth-order valence-electron chi connectivity index (χ4n) is 2.14. The average molecular weight is 287 g/mol. The van der Waals surface area contributed by atoms with Crippen molar-refractivity contribution in [1.29, 1.82) is 5.26 Å². The van der Waals surface area contributed by atoms with E-state index in [1.54, 1.807) is 13.0 Å². The zero-order valence-corrected chi connectivity index (χ0v) is 12.0. The van der Waals surface area contributed by atoms with Crippen LogP contribution in [0.2, 0.25) is 0 Å². The molecule has 0 radical (unpaired) electrons. The molecule has 0 aliphatic rings. The summed E-state index contributed by atoms with van der Waals surface area (Å²) in [6.07, 6.45) is 0.995. The number of nitriles is 1. The number of rotatable bonds is 5. The average Bonchev–Trinajstić information content (AvgIpc) is 2.46. The summed E-state index contributed by atoms with van der Waals surface area (Å²) in [5.74, 6) is 0.349. The summed E-state index contributed by atoms with van der Waals surface area (Å²) in [6, 6.07) is 6.55. The molecule has 110 valence electrons. The van der Waals surface area contributed by atoms with Gasteiger partial charge in [0.1, 0.15) is 29.4 Å². The smallest absolute Gasteiger partial charge is 0.207 e. The largest absolute Gasteiger partial charge is 0.490 e. The van der Waals surface area contributed by atoms with Crippen LogP contribution >= 0.6 is 0 Å². The maximum absolute atomic E-state index is 12.2. The van der Waals surface area contributed by atoms with E-state index in [1.807, 2.05) is 19.1 Å². The topological polar surface area (TPSA) is 83.5 Å². The van der Waals surface area contributed by atoms with E-state index in [0.29, 0.717) is 16.7 Å². The Labute approximate surface area is 122 Å². The number of ether oxygens (including phenoxy) is 1. The van der Waals surface area contributed by atoms with Crippen LogP contribution < -0.4 is 10.2 Å². The van der Waals surface area contributed by atoms with E-state index in [1.165, 1.54) is 0 Å². The molecule has 0 amide bonds. The minimum absolute atomic E-state index is 0.0162. The van der Waals surface area contributed by atoms with Gasteiger partial charge in [0.05, 0.1) is 6.10 Å². The van der Waals surface area contributed by atoms with Crippen molar-refractivity contribution in [2.24, 2.45) is 0 Å². The SMILES string of the molecule is CCCc1ccc(OCC(C)O)c2c(=O)cc(C#N)oc12. The van der Waals surface area contributed by atoms with E-state index in [-0.39, 0.29) is 17.8 Å². The molecule has 0 bridgehead atoms. The van der Waals surface area contributed by atoms with Crippen molar-refractivity contribution in [3.8, 4) is 11.8 Å². The second kappa shape index (κ2) is 6.42. The maximum atomic E-state index is 12.2. The van der Waals surface area contributed by atoms with Crippen LogP contribution in [0.5, 0.6) is 5.75 Å². The van der Waals surface area contributed by atoms with Crippen molar-refractivity contribution < 1.29 is 14.3 Å². The second-order valence-electron chi connectivity index (χ2n) is 4.92. The predicted octanol–water partition coefficient (Wildman–Crippen LogP) is 2.38. The van der Waals surface area contributed by atoms with E-state index in [4.69, 9.17) is 14.4 Å². The molecule has 0 fully saturated rings. The molecule has 0 saturated carbocycles. The monoisotopic (exact) mass is 287 g/mol. The van der Waals surface area contributed by atoms with Gasteiger partial charge in [-0.05, 0) is 25.0 Å². The number of fused-ring (bicyclic) bond motifs is 1. The lowest BCUT2D eigenvalue weighted by Gasteiger charge is -2.12. The highest BCUT2D eigenvalue weighted by Gasteiger charge is 2.14. The van der Waals surface area contributed by atoms with Crippen molar-refractivity contribution >= 4 is 11.0 Å². The third-order valence-corrected chi connectivity index (χ3v) is 3.03. The van der Waals surface area contributed by atoms with E-state index in [9.17, 15) is 9.90 Å². The molecule has 2 aromatic rings. The van der Waals surface area contributed by atoms with Gasteiger partial charge in [-0.1, -0.05) is 19.4 Å². The Hall–Kier alpha value is -2.32. The molecule has 2 rings (SSSR count). The van der Waals surface area contributed by atoms with Crippen LogP contribution in [0.25, 0.3) is 11.0 Å². The highest BCUT2D eigenvalue weighted by Crippen LogP contribution is 2.27. The molecule has 5 nitrogen and oxygen atoms in total. The van der Waals surface area contributed by atoms with E-state index >= 15 is 0 Å². The molecule has 1 aromatic heterocycles. The third kappa shape index (κ3) is 3.23. The standard InChI is InChI=1S/C16H17NO4/c1-3-4-11-5-6-14(20-9-10(2)18)15-13(19)7-12(8-17)21-16(11)15/h5-7,10,18H,3-4,9H2,1-2H3. The molecule has 21 heavy (non-hydrogen) atoms. The Balaban J connectivity index is 2.65. The Morgan fingerprint density at radius 3 is 2.86 bits per heavy atom. The molecule has 1 aromatic carbocycles. The van der Waals surface area contributed by atoms with Gasteiger partial charge in [0.25, 0.3) is 0 Å². The summed E-state index contributed by atoms with van der Waals surface area (Å²) in [4.78, 5) is 12.2. The Kier molecular flexibility index (Phi) is 4.61. The molecule has 1 heterocycles. The predicted molar refractivity (Wildman–Crippen MR) is 78.4 cm³/mol. The van der Waals surface area contributed by atoms with Crippen molar-refractivity contribution in [2.75, 3.05) is 6.61 Å². The molecule has 5 heteroatoms. The number of nitrogens with zero attached hydrogens (tertiary/aromatic N) is 1. The van der Waals surface area contributed by atoms with Crippen LogP contribution in [0.15, 0.2) is 27.4 Å². The van der Waals surface area contributed by atoms with Gasteiger partial charge in [0.2, 0.25) is 5.76 Å². The number of aryl methyl sites for hydroxylation is 1. The van der Waals surface area contributed by atoms with E-state index < -0.39 is 6.10 Å². The number of hydrogen-bond acceptors (Lipinski definition) is 5. The van der Waals surface area contributed by atoms with Crippen LogP contribution in [-0.4, -0.2) is 17.8 Å². The first-order chi connectivity index (χ1) is 10.1. The lowest BCUT2D eigenvalue weighted by Crippen LogP contribution is -2.14. The Bertz CT molecular complexity index is 740. The Morgan fingerprint density at radius 2 is 2.24 bits per heavy atom. The van der Waals surface area contributed by atoms with Gasteiger partial charge in [-0.2, -0.15) is 5.26 Å². The van der Waals surface area contributed by atoms with Gasteiger partial charge in [-0.3, -0.25) is 4.79 Å². The third-order valence-electron chi connectivity index (χ3n) is 3.03. The zero-order valence-electron chi connectivity index (χ0n) is 12.0. The van der Waals surface area contributed by atoms with Gasteiger partial charge < -0.3 is 14.3 Å². The van der Waals surface area contributed by atoms with Crippen molar-refractivity contribution in [2.45, 2.75) is 32.8 Å². The van der Waals surface area contributed by atoms with Gasteiger partial charge >= 0.3 is 0 Å². The summed E-state index contributed by atoms with van der Waals surface area (Å²) < 4.78 is 11.0. The van der Waals surface area contributed by atoms with Gasteiger partial charge in [-0.15, -0.1) is 0 Å². The molecule has 0 spiro atoms. The number of aliphatic hydroxyl groups excluding tert-OH is 1. The molecule has 0 saturated heterocycles. The normalized spacial score (nSPS) is 12.1. The van der Waals surface area contributed by atoms with Crippen molar-refractivity contribution in [3.05, 3.63) is 39.7 Å². The zero-order chi connectivity index (χ0) is 15.4. The molecule has 1 N–H and O–H groups in total. The number of aliphatic hydroxyl groups is 1. The molecule has 0 aliphatic carbocycles. The van der Waals surface area contributed by atoms with Gasteiger partial charge in [0.15, 0.2) is 5.43 Å². The minimum atomic E-state index is -0.638. The first-order valence-corrected chi connectivity index (χ1v) is 6.87. The van der Waals surface area contributed by atoms with E-state index in [0.717, 1.165) is 24.5 Å². The molecule has 0 aliphatic heterocycles. The number of hydrogen-bond donors (Lipinski definition) is 1. The molecular formula is C16H17NO4. The summed E-state index contributed by atoms with van der Waals surface area (Å²) >= 11 is 0. The van der Waals surface area contributed by atoms with E-state index in [2.05, 4.69) is 0 Å². The van der Waals surface area contributed by atoms with Crippen LogP contribution in [-0.2, 0) is 6.42 Å². The van der Waals surface area contributed by atoms with Crippen molar-refractivity contribution in [1.82, 2.24) is 0 Å². The first-order valence-electron chi connectivity index (χ1n) is 6.87. The quantitative estimate of drug-likeness (QED) is 0.912. The molecule has 1 atom stereocenters. The fraction of sp³-hybridized carbons (Fsp3) is 0.375. The summed E-state index contributed by atoms with van der Waals surface area (Å²) in [5, 5.41) is 18.6. The summed E-state index contributed by atoms with van der Waals surface area (Å²) in [7, 11) is 0. The van der Waals surface area contributed by atoms with Crippen LogP contribution in [0.4, 0.5) is 0 Å². The molecule has 1 unspecified atom stereocenters. The lowest BCUT2D eigenvalue weighted by atomic mass is 10.1. The number of benzene rings is 1. The fourth-order valence-corrected chi connectivity index (χ4v) is 2.14. The van der Waals surface area contributed by atoms with Crippen molar-refractivity contribution in [3.63, 3.8) is 0 Å². The highest BCUT2D eigenvalue weighted by molar-refractivity contribution is 5.86. The maximum Gasteiger partial charge on any atom is 0.207 e. The Morgan fingerprint density at radius 1 is 1.48 bits per heavy atom. The van der Waals surface area contributed by atoms with Gasteiger partial charge in [-0.25, -0.2) is 0 Å². The van der Waals surface area contributed by atoms with Crippen LogP contribution in [0, 0.1) is 11.3 Å². The highest BCUT2D eigenvalue weighted by atomic mass is 16.5. The molecular weight excluding hydrogens is 270 g/mol. The second-order valence-corrected chi connectivity index (χ2v) is 4.92. The van der Waals surface area contributed by atoms with Crippen LogP contribution in [0.3, 0.4) is 0 Å². The van der Waals surface area contributed by atoms with Gasteiger partial charge in [0, 0.05) is 6.07 Å². The summed E-state index contributed by atoms with van der Waals surface area (Å²) in [6.45, 7) is 3.71. The lowest BCUT2D eigenvalue weighted by molar-refractivity contribution is 0.123. The summed E-state index contributed by atoms with van der Waals surface area (Å²) in [5.41, 5.74) is 0.946. The minimum Gasteiger partial charge on any atom is -0.490 e. The van der Waals surface area contributed by atoms with Crippen LogP contribution in [0.1, 0.15) is 31.6 Å². The first kappa shape index (κ1) is 15.1.